The summed E-state index contributed by atoms with van der Waals surface area (Å²) in [5, 5.41) is 2.30. The first-order chi connectivity index (χ1) is 13.8. The molecule has 1 N–H and O–H groups in total. The Bertz CT molecular complexity index is 1140. The minimum Gasteiger partial charge on any atom is -0.324 e. The fourth-order valence-electron chi connectivity index (χ4n) is 2.59. The lowest BCUT2D eigenvalue weighted by atomic mass is 10.3. The van der Waals surface area contributed by atoms with Gasteiger partial charge in [-0.15, -0.1) is 0 Å². The van der Waals surface area contributed by atoms with Crippen LogP contribution < -0.4 is 9.62 Å². The van der Waals surface area contributed by atoms with Crippen LogP contribution in [0.15, 0.2) is 77.7 Å². The van der Waals surface area contributed by atoms with Crippen LogP contribution in [0.25, 0.3) is 0 Å². The third kappa shape index (κ3) is 4.57. The lowest BCUT2D eigenvalue weighted by Gasteiger charge is -2.24. The quantitative estimate of drug-likeness (QED) is 0.657. The van der Waals surface area contributed by atoms with E-state index in [1.54, 1.807) is 18.2 Å². The molecule has 3 rings (SSSR count). The van der Waals surface area contributed by atoms with Gasteiger partial charge in [0.05, 0.1) is 5.69 Å². The molecule has 0 aromatic heterocycles. The van der Waals surface area contributed by atoms with Crippen molar-refractivity contribution < 1.29 is 26.4 Å². The zero-order valence-corrected chi connectivity index (χ0v) is 15.7. The first kappa shape index (κ1) is 20.4. The van der Waals surface area contributed by atoms with E-state index in [4.69, 9.17) is 0 Å². The van der Waals surface area contributed by atoms with Crippen LogP contribution in [0.1, 0.15) is 0 Å². The van der Waals surface area contributed by atoms with Crippen molar-refractivity contribution in [1.29, 1.82) is 0 Å². The first-order valence-corrected chi connectivity index (χ1v) is 9.80. The summed E-state index contributed by atoms with van der Waals surface area (Å²) in [6.45, 7) is -0.709. The smallest absolute Gasteiger partial charge is 0.267 e. The summed E-state index contributed by atoms with van der Waals surface area (Å²) < 4.78 is 67.3. The van der Waals surface area contributed by atoms with Gasteiger partial charge in [-0.1, -0.05) is 30.3 Å². The van der Waals surface area contributed by atoms with Crippen molar-refractivity contribution >= 4 is 27.3 Å². The van der Waals surface area contributed by atoms with Gasteiger partial charge in [0.1, 0.15) is 17.3 Å². The predicted molar refractivity (Wildman–Crippen MR) is 102 cm³/mol. The van der Waals surface area contributed by atoms with Crippen LogP contribution in [0.3, 0.4) is 0 Å². The summed E-state index contributed by atoms with van der Waals surface area (Å²) in [5.74, 6) is -4.04. The van der Waals surface area contributed by atoms with Crippen molar-refractivity contribution in [3.05, 3.63) is 90.2 Å². The normalized spacial score (nSPS) is 11.1. The topological polar surface area (TPSA) is 66.5 Å². The second kappa shape index (κ2) is 8.36. The van der Waals surface area contributed by atoms with Crippen molar-refractivity contribution in [1.82, 2.24) is 0 Å². The van der Waals surface area contributed by atoms with E-state index in [0.717, 1.165) is 34.6 Å². The molecule has 0 heterocycles. The number of sulfonamides is 1. The molecular weight excluding hydrogens is 405 g/mol. The molecule has 0 aliphatic rings. The van der Waals surface area contributed by atoms with Gasteiger partial charge in [0, 0.05) is 11.8 Å². The number of anilines is 2. The van der Waals surface area contributed by atoms with Crippen molar-refractivity contribution in [3.8, 4) is 0 Å². The van der Waals surface area contributed by atoms with E-state index in [-0.39, 0.29) is 11.4 Å². The molecule has 0 saturated carbocycles. The molecule has 0 spiro atoms. The number of carbonyl (C=O) groups excluding carboxylic acids is 1. The maximum Gasteiger partial charge on any atom is 0.267 e. The monoisotopic (exact) mass is 420 g/mol. The number of carbonyl (C=O) groups is 1. The zero-order chi connectivity index (χ0) is 21.0. The number of rotatable bonds is 6. The summed E-state index contributed by atoms with van der Waals surface area (Å²) in [4.78, 5) is 11.8. The highest BCUT2D eigenvalue weighted by atomic mass is 32.2. The van der Waals surface area contributed by atoms with Crippen LogP contribution in [-0.4, -0.2) is 20.9 Å². The zero-order valence-electron chi connectivity index (χ0n) is 14.8. The van der Waals surface area contributed by atoms with Crippen molar-refractivity contribution in [2.24, 2.45) is 0 Å². The summed E-state index contributed by atoms with van der Waals surface area (Å²) in [5.41, 5.74) is 0.0846. The summed E-state index contributed by atoms with van der Waals surface area (Å²) >= 11 is 0. The number of hydrogen-bond donors (Lipinski definition) is 1. The van der Waals surface area contributed by atoms with Crippen LogP contribution in [0, 0.1) is 17.5 Å². The molecule has 0 bridgehead atoms. The van der Waals surface area contributed by atoms with Crippen molar-refractivity contribution in [2.75, 3.05) is 16.2 Å². The number of nitrogens with zero attached hydrogens (tertiary/aromatic N) is 1. The molecule has 3 aromatic carbocycles. The van der Waals surface area contributed by atoms with E-state index in [1.165, 1.54) is 24.3 Å². The maximum atomic E-state index is 14.1. The Kier molecular flexibility index (Phi) is 5.88. The molecule has 0 unspecified atom stereocenters. The number of halogens is 3. The Morgan fingerprint density at radius 3 is 2.14 bits per heavy atom. The Labute approximate surface area is 165 Å². The molecule has 3 aromatic rings. The SMILES string of the molecule is O=C(CN(c1ccccc1)S(=O)(=O)c1ccccc1F)Nc1ccc(F)c(F)c1. The summed E-state index contributed by atoms with van der Waals surface area (Å²) in [7, 11) is -4.42. The van der Waals surface area contributed by atoms with Gasteiger partial charge in [-0.3, -0.25) is 9.10 Å². The molecule has 9 heteroatoms. The van der Waals surface area contributed by atoms with Gasteiger partial charge in [-0.25, -0.2) is 21.6 Å². The van der Waals surface area contributed by atoms with Crippen LogP contribution in [0.2, 0.25) is 0 Å². The molecule has 29 heavy (non-hydrogen) atoms. The number of benzene rings is 3. The molecule has 0 aliphatic heterocycles. The van der Waals surface area contributed by atoms with Gasteiger partial charge in [0.15, 0.2) is 11.6 Å². The second-order valence-electron chi connectivity index (χ2n) is 5.95. The Morgan fingerprint density at radius 1 is 0.828 bits per heavy atom. The molecule has 0 saturated heterocycles. The lowest BCUT2D eigenvalue weighted by Crippen LogP contribution is -2.38. The Balaban J connectivity index is 1.93. The van der Waals surface area contributed by atoms with E-state index in [2.05, 4.69) is 5.32 Å². The second-order valence-corrected chi connectivity index (χ2v) is 7.79. The van der Waals surface area contributed by atoms with E-state index < -0.39 is 44.8 Å². The number of nitrogens with one attached hydrogen (secondary N) is 1. The highest BCUT2D eigenvalue weighted by Crippen LogP contribution is 2.25. The van der Waals surface area contributed by atoms with Crippen LogP contribution in [-0.2, 0) is 14.8 Å². The summed E-state index contributed by atoms with van der Waals surface area (Å²) in [6, 6.07) is 15.2. The summed E-state index contributed by atoms with van der Waals surface area (Å²) in [6.07, 6.45) is 0. The number of amides is 1. The van der Waals surface area contributed by atoms with Crippen LogP contribution in [0.4, 0.5) is 24.5 Å². The van der Waals surface area contributed by atoms with E-state index in [9.17, 15) is 26.4 Å². The van der Waals surface area contributed by atoms with Crippen LogP contribution >= 0.6 is 0 Å². The fraction of sp³-hybridized carbons (Fsp3) is 0.0500. The lowest BCUT2D eigenvalue weighted by molar-refractivity contribution is -0.114. The minimum absolute atomic E-state index is 0.0507. The van der Waals surface area contributed by atoms with Gasteiger partial charge in [-0.2, -0.15) is 0 Å². The van der Waals surface area contributed by atoms with Gasteiger partial charge in [0.25, 0.3) is 10.0 Å². The molecule has 5 nitrogen and oxygen atoms in total. The molecule has 150 valence electrons. The molecule has 0 radical (unpaired) electrons. The van der Waals surface area contributed by atoms with Gasteiger partial charge >= 0.3 is 0 Å². The minimum atomic E-state index is -4.42. The third-order valence-electron chi connectivity index (χ3n) is 3.94. The highest BCUT2D eigenvalue weighted by molar-refractivity contribution is 7.92. The average Bonchev–Trinajstić information content (AvgIpc) is 2.70. The molecule has 0 fully saturated rings. The number of para-hydroxylation sites is 1. The van der Waals surface area contributed by atoms with Gasteiger partial charge in [-0.05, 0) is 36.4 Å². The predicted octanol–water partition coefficient (Wildman–Crippen LogP) is 3.94. The highest BCUT2D eigenvalue weighted by Gasteiger charge is 2.29. The maximum absolute atomic E-state index is 14.1. The molecular formula is C20H15F3N2O3S. The van der Waals surface area contributed by atoms with Crippen molar-refractivity contribution in [2.45, 2.75) is 4.90 Å². The fourth-order valence-corrected chi connectivity index (χ4v) is 4.08. The molecule has 0 atom stereocenters. The van der Waals surface area contributed by atoms with Gasteiger partial charge < -0.3 is 5.32 Å². The van der Waals surface area contributed by atoms with E-state index in [1.807, 2.05) is 0 Å². The van der Waals surface area contributed by atoms with E-state index in [0.29, 0.717) is 0 Å². The Hall–Kier alpha value is -3.33. The van der Waals surface area contributed by atoms with Crippen molar-refractivity contribution in [3.63, 3.8) is 0 Å². The third-order valence-corrected chi connectivity index (χ3v) is 5.75. The Morgan fingerprint density at radius 2 is 1.48 bits per heavy atom. The van der Waals surface area contributed by atoms with Crippen LogP contribution in [0.5, 0.6) is 0 Å². The largest absolute Gasteiger partial charge is 0.324 e. The first-order valence-electron chi connectivity index (χ1n) is 8.36. The standard InChI is InChI=1S/C20H15F3N2O3S/c21-16-11-10-14(12-18(16)23)24-20(26)13-25(15-6-2-1-3-7-15)29(27,28)19-9-5-4-8-17(19)22/h1-12H,13H2,(H,24,26). The average molecular weight is 420 g/mol. The van der Waals surface area contributed by atoms with Gasteiger partial charge in [0.2, 0.25) is 5.91 Å². The van der Waals surface area contributed by atoms with E-state index >= 15 is 0 Å². The molecule has 1 amide bonds. The number of hydrogen-bond acceptors (Lipinski definition) is 3. The molecule has 0 aliphatic carbocycles.